The average molecular weight is 237 g/mol. The van der Waals surface area contributed by atoms with Crippen LogP contribution in [0.4, 0.5) is 0 Å². The lowest BCUT2D eigenvalue weighted by molar-refractivity contribution is -0.148. The van der Waals surface area contributed by atoms with E-state index in [4.69, 9.17) is 4.74 Å². The summed E-state index contributed by atoms with van der Waals surface area (Å²) in [7, 11) is 0. The van der Waals surface area contributed by atoms with E-state index in [1.807, 2.05) is 19.9 Å². The zero-order chi connectivity index (χ0) is 12.4. The van der Waals surface area contributed by atoms with Crippen molar-refractivity contribution in [3.8, 4) is 0 Å². The number of carbonyl (C=O) groups excluding carboxylic acids is 1. The third-order valence-electron chi connectivity index (χ3n) is 4.04. The zero-order valence-electron chi connectivity index (χ0n) is 9.79. The number of carbonyl (C=O) groups is 2. The van der Waals surface area contributed by atoms with Gasteiger partial charge >= 0.3 is 5.97 Å². The molecule has 17 heavy (non-hydrogen) atoms. The first-order chi connectivity index (χ1) is 7.96. The highest BCUT2D eigenvalue weighted by molar-refractivity contribution is 5.90. The molecule has 2 bridgehead atoms. The molecule has 5 heteroatoms. The van der Waals surface area contributed by atoms with Gasteiger partial charge in [0.05, 0.1) is 18.6 Å². The average Bonchev–Trinajstić information content (AvgIpc) is 2.86. The number of nitrogens with zero attached hydrogens (tertiary/aromatic N) is 1. The number of aliphatic carboxylic acids is 1. The number of carboxylic acids is 1. The molecule has 2 saturated heterocycles. The van der Waals surface area contributed by atoms with Crippen molar-refractivity contribution in [1.29, 1.82) is 0 Å². The highest BCUT2D eigenvalue weighted by Crippen LogP contribution is 2.52. The number of hydrogen-bond donors (Lipinski definition) is 1. The minimum Gasteiger partial charge on any atom is -0.481 e. The number of fused-ring (bicyclic) bond motifs is 1. The number of carboxylic acid groups (broad SMARTS) is 1. The maximum atomic E-state index is 12.3. The fourth-order valence-electron chi connectivity index (χ4n) is 3.25. The molecule has 0 aliphatic carbocycles. The van der Waals surface area contributed by atoms with E-state index in [0.29, 0.717) is 6.54 Å². The van der Waals surface area contributed by atoms with E-state index in [-0.39, 0.29) is 11.9 Å². The lowest BCUT2D eigenvalue weighted by Crippen LogP contribution is -2.39. The zero-order valence-corrected chi connectivity index (χ0v) is 9.79. The van der Waals surface area contributed by atoms with Gasteiger partial charge in [-0.15, -0.1) is 0 Å². The van der Waals surface area contributed by atoms with Crippen LogP contribution in [0.1, 0.15) is 13.8 Å². The summed E-state index contributed by atoms with van der Waals surface area (Å²) >= 11 is 0. The maximum absolute atomic E-state index is 12.3. The summed E-state index contributed by atoms with van der Waals surface area (Å²) in [5.74, 6) is -2.29. The van der Waals surface area contributed by atoms with Gasteiger partial charge in [-0.3, -0.25) is 9.59 Å². The molecule has 0 saturated carbocycles. The smallest absolute Gasteiger partial charge is 0.310 e. The highest BCUT2D eigenvalue weighted by Gasteiger charge is 2.67. The SMILES string of the molecule is CC(C)N1C[C@@]23C=C[C@@H](O2)[C@H](C(=O)O)[C@@H]3C1=O. The molecule has 1 spiro atoms. The van der Waals surface area contributed by atoms with Crippen molar-refractivity contribution < 1.29 is 19.4 Å². The van der Waals surface area contributed by atoms with Crippen molar-refractivity contribution in [3.05, 3.63) is 12.2 Å². The van der Waals surface area contributed by atoms with Gasteiger partial charge in [0.1, 0.15) is 11.5 Å². The van der Waals surface area contributed by atoms with Crippen LogP contribution < -0.4 is 0 Å². The van der Waals surface area contributed by atoms with Gasteiger partial charge < -0.3 is 14.7 Å². The minimum absolute atomic E-state index is 0.0768. The molecule has 0 aromatic rings. The second-order valence-electron chi connectivity index (χ2n) is 5.30. The first kappa shape index (κ1) is 10.8. The third kappa shape index (κ3) is 1.17. The van der Waals surface area contributed by atoms with E-state index in [1.165, 1.54) is 0 Å². The predicted molar refractivity (Wildman–Crippen MR) is 58.2 cm³/mol. The number of likely N-dealkylation sites (tertiary alicyclic amines) is 1. The molecule has 0 unspecified atom stereocenters. The van der Waals surface area contributed by atoms with Crippen LogP contribution >= 0.6 is 0 Å². The van der Waals surface area contributed by atoms with Crippen LogP contribution in [0.2, 0.25) is 0 Å². The van der Waals surface area contributed by atoms with Gasteiger partial charge in [-0.05, 0) is 13.8 Å². The van der Waals surface area contributed by atoms with Gasteiger partial charge in [0.25, 0.3) is 0 Å². The van der Waals surface area contributed by atoms with Crippen LogP contribution in [0.3, 0.4) is 0 Å². The second kappa shape index (κ2) is 3.10. The molecule has 1 N–H and O–H groups in total. The minimum atomic E-state index is -0.940. The lowest BCUT2D eigenvalue weighted by Gasteiger charge is -2.24. The number of ether oxygens (including phenoxy) is 1. The van der Waals surface area contributed by atoms with E-state index in [1.54, 1.807) is 11.0 Å². The van der Waals surface area contributed by atoms with Crippen LogP contribution in [0.25, 0.3) is 0 Å². The summed E-state index contributed by atoms with van der Waals surface area (Å²) in [5.41, 5.74) is -0.685. The summed E-state index contributed by atoms with van der Waals surface area (Å²) in [6, 6.07) is 0.0768. The fourth-order valence-corrected chi connectivity index (χ4v) is 3.25. The second-order valence-corrected chi connectivity index (χ2v) is 5.30. The van der Waals surface area contributed by atoms with Crippen LogP contribution in [-0.2, 0) is 14.3 Å². The number of hydrogen-bond acceptors (Lipinski definition) is 3. The molecule has 3 aliphatic heterocycles. The highest BCUT2D eigenvalue weighted by atomic mass is 16.5. The molecule has 1 amide bonds. The Balaban J connectivity index is 2.01. The molecule has 92 valence electrons. The van der Waals surface area contributed by atoms with Gasteiger partial charge in [-0.25, -0.2) is 0 Å². The molecule has 4 atom stereocenters. The predicted octanol–water partition coefficient (Wildman–Crippen LogP) is 0.261. The quantitative estimate of drug-likeness (QED) is 0.700. The molecule has 0 aromatic heterocycles. The van der Waals surface area contributed by atoms with Crippen LogP contribution in [0, 0.1) is 11.8 Å². The first-order valence-electron chi connectivity index (χ1n) is 5.87. The maximum Gasteiger partial charge on any atom is 0.310 e. The van der Waals surface area contributed by atoms with Gasteiger partial charge in [-0.2, -0.15) is 0 Å². The molecule has 3 rings (SSSR count). The van der Waals surface area contributed by atoms with Crippen molar-refractivity contribution in [1.82, 2.24) is 4.90 Å². The molecule has 3 aliphatic rings. The summed E-state index contributed by atoms with van der Waals surface area (Å²) in [5, 5.41) is 9.24. The van der Waals surface area contributed by atoms with Crippen molar-refractivity contribution in [2.45, 2.75) is 31.6 Å². The molecule has 5 nitrogen and oxygen atoms in total. The van der Waals surface area contributed by atoms with Crippen molar-refractivity contribution in [3.63, 3.8) is 0 Å². The molecule has 0 aromatic carbocycles. The van der Waals surface area contributed by atoms with Crippen LogP contribution in [0.15, 0.2) is 12.2 Å². The van der Waals surface area contributed by atoms with Gasteiger partial charge in [0, 0.05) is 6.04 Å². The van der Waals surface area contributed by atoms with Gasteiger partial charge in [0.2, 0.25) is 5.91 Å². The largest absolute Gasteiger partial charge is 0.481 e. The summed E-state index contributed by atoms with van der Waals surface area (Å²) < 4.78 is 5.75. The molecular formula is C12H15NO4. The van der Waals surface area contributed by atoms with Crippen molar-refractivity contribution in [2.24, 2.45) is 11.8 Å². The number of amides is 1. The Morgan fingerprint density at radius 2 is 2.35 bits per heavy atom. The molecule has 3 heterocycles. The third-order valence-corrected chi connectivity index (χ3v) is 4.04. The summed E-state index contributed by atoms with van der Waals surface area (Å²) in [6.07, 6.45) is 3.23. The van der Waals surface area contributed by atoms with Crippen molar-refractivity contribution in [2.75, 3.05) is 6.54 Å². The van der Waals surface area contributed by atoms with E-state index in [0.717, 1.165) is 0 Å². The Morgan fingerprint density at radius 3 is 2.94 bits per heavy atom. The number of rotatable bonds is 2. The lowest BCUT2D eigenvalue weighted by atomic mass is 9.77. The Hall–Kier alpha value is -1.36. The fraction of sp³-hybridized carbons (Fsp3) is 0.667. The topological polar surface area (TPSA) is 66.8 Å². The van der Waals surface area contributed by atoms with E-state index < -0.39 is 29.5 Å². The van der Waals surface area contributed by atoms with Gasteiger partial charge in [-0.1, -0.05) is 12.2 Å². The first-order valence-corrected chi connectivity index (χ1v) is 5.87. The normalized spacial score (nSPS) is 42.6. The Labute approximate surface area is 99.0 Å². The van der Waals surface area contributed by atoms with Crippen LogP contribution in [0.5, 0.6) is 0 Å². The summed E-state index contributed by atoms with van der Waals surface area (Å²) in [6.45, 7) is 4.34. The van der Waals surface area contributed by atoms with E-state index >= 15 is 0 Å². The molecule has 0 radical (unpaired) electrons. The Bertz CT molecular complexity index is 430. The monoisotopic (exact) mass is 237 g/mol. The van der Waals surface area contributed by atoms with E-state index in [9.17, 15) is 14.7 Å². The van der Waals surface area contributed by atoms with Gasteiger partial charge in [0.15, 0.2) is 0 Å². The molecular weight excluding hydrogens is 222 g/mol. The standard InChI is InChI=1S/C12H15NO4/c1-6(2)13-5-12-4-3-7(17-12)8(11(15)16)9(12)10(13)14/h3-4,6-9H,5H2,1-2H3,(H,15,16)/t7-,8+,9-,12-/m1/s1. The van der Waals surface area contributed by atoms with E-state index in [2.05, 4.69) is 0 Å². The Kier molecular flexibility index (Phi) is 1.96. The summed E-state index contributed by atoms with van der Waals surface area (Å²) in [4.78, 5) is 25.3. The Morgan fingerprint density at radius 1 is 1.65 bits per heavy atom. The molecule has 2 fully saturated rings. The van der Waals surface area contributed by atoms with Crippen molar-refractivity contribution >= 4 is 11.9 Å². The van der Waals surface area contributed by atoms with Crippen LogP contribution in [-0.4, -0.2) is 46.2 Å².